The fraction of sp³-hybridized carbons (Fsp3) is 0.500. The van der Waals surface area contributed by atoms with Crippen LogP contribution in [-0.2, 0) is 16.1 Å². The predicted octanol–water partition coefficient (Wildman–Crippen LogP) is 2.90. The first kappa shape index (κ1) is 15.4. The Morgan fingerprint density at radius 2 is 2.00 bits per heavy atom. The zero-order valence-electron chi connectivity index (χ0n) is 12.4. The van der Waals surface area contributed by atoms with Crippen LogP contribution in [0.3, 0.4) is 0 Å². The Balaban J connectivity index is 1.99. The van der Waals surface area contributed by atoms with Crippen LogP contribution in [0.25, 0.3) is 0 Å². The summed E-state index contributed by atoms with van der Waals surface area (Å²) >= 11 is 0. The Hall–Kier alpha value is -2.04. The van der Waals surface area contributed by atoms with Gasteiger partial charge < -0.3 is 9.84 Å². The van der Waals surface area contributed by atoms with Gasteiger partial charge in [0, 0.05) is 6.54 Å². The average Bonchev–Trinajstić information content (AvgIpc) is 2.45. The molecule has 114 valence electrons. The van der Waals surface area contributed by atoms with Crippen molar-refractivity contribution in [3.05, 3.63) is 35.9 Å². The lowest BCUT2D eigenvalue weighted by atomic mass is 9.79. The Kier molecular flexibility index (Phi) is 4.50. The second-order valence-corrected chi connectivity index (χ2v) is 6.21. The standard InChI is InChI=1S/C16H21NO4/c1-16(2)8-9-17(13(10-16)14(18)19)15(20)21-11-12-6-4-3-5-7-12/h3-7,13H,8-11H2,1-2H3,(H,18,19)/t13-/m1/s1. The van der Waals surface area contributed by atoms with Gasteiger partial charge in [-0.05, 0) is 23.8 Å². The zero-order chi connectivity index (χ0) is 15.5. The van der Waals surface area contributed by atoms with Crippen LogP contribution < -0.4 is 0 Å². The second-order valence-electron chi connectivity index (χ2n) is 6.21. The van der Waals surface area contributed by atoms with E-state index in [2.05, 4.69) is 0 Å². The third kappa shape index (κ3) is 3.97. The summed E-state index contributed by atoms with van der Waals surface area (Å²) in [5, 5.41) is 9.33. The van der Waals surface area contributed by atoms with Gasteiger partial charge >= 0.3 is 12.1 Å². The quantitative estimate of drug-likeness (QED) is 0.930. The predicted molar refractivity (Wildman–Crippen MR) is 77.8 cm³/mol. The summed E-state index contributed by atoms with van der Waals surface area (Å²) in [6.45, 7) is 4.62. The zero-order valence-corrected chi connectivity index (χ0v) is 12.4. The molecule has 1 aliphatic rings. The molecule has 1 saturated heterocycles. The molecule has 1 aromatic rings. The van der Waals surface area contributed by atoms with Gasteiger partial charge in [-0.2, -0.15) is 0 Å². The van der Waals surface area contributed by atoms with Gasteiger partial charge in [0.15, 0.2) is 0 Å². The molecular weight excluding hydrogens is 270 g/mol. The minimum absolute atomic E-state index is 0.0702. The van der Waals surface area contributed by atoms with E-state index in [0.717, 1.165) is 12.0 Å². The van der Waals surface area contributed by atoms with E-state index in [1.807, 2.05) is 44.2 Å². The highest BCUT2D eigenvalue weighted by Gasteiger charge is 2.40. The van der Waals surface area contributed by atoms with Gasteiger partial charge in [-0.1, -0.05) is 44.2 Å². The summed E-state index contributed by atoms with van der Waals surface area (Å²) in [6.07, 6.45) is 0.668. The van der Waals surface area contributed by atoms with E-state index in [-0.39, 0.29) is 12.0 Å². The minimum Gasteiger partial charge on any atom is -0.480 e. The molecule has 1 aliphatic heterocycles. The fourth-order valence-electron chi connectivity index (χ4n) is 2.56. The van der Waals surface area contributed by atoms with E-state index in [1.54, 1.807) is 0 Å². The molecule has 0 aliphatic carbocycles. The van der Waals surface area contributed by atoms with Gasteiger partial charge in [0.1, 0.15) is 12.6 Å². The SMILES string of the molecule is CC1(C)CCN(C(=O)OCc2ccccc2)[C@@H](C(=O)O)C1. The summed E-state index contributed by atoms with van der Waals surface area (Å²) in [6, 6.07) is 8.54. The first-order valence-electron chi connectivity index (χ1n) is 7.09. The smallest absolute Gasteiger partial charge is 0.410 e. The van der Waals surface area contributed by atoms with Gasteiger partial charge in [-0.25, -0.2) is 9.59 Å². The van der Waals surface area contributed by atoms with E-state index in [0.29, 0.717) is 13.0 Å². The van der Waals surface area contributed by atoms with Crippen molar-refractivity contribution in [1.82, 2.24) is 4.90 Å². The lowest BCUT2D eigenvalue weighted by molar-refractivity contribution is -0.145. The largest absolute Gasteiger partial charge is 0.480 e. The van der Waals surface area contributed by atoms with Crippen molar-refractivity contribution >= 4 is 12.1 Å². The topological polar surface area (TPSA) is 66.8 Å². The van der Waals surface area contributed by atoms with E-state index >= 15 is 0 Å². The van der Waals surface area contributed by atoms with Gasteiger partial charge in [-0.3, -0.25) is 4.90 Å². The molecule has 0 spiro atoms. The van der Waals surface area contributed by atoms with Gasteiger partial charge in [0.05, 0.1) is 0 Å². The van der Waals surface area contributed by atoms with Crippen LogP contribution in [0.2, 0.25) is 0 Å². The molecule has 1 aromatic carbocycles. The number of ether oxygens (including phenoxy) is 1. The summed E-state index contributed by atoms with van der Waals surface area (Å²) in [5.41, 5.74) is 0.814. The van der Waals surface area contributed by atoms with Crippen molar-refractivity contribution < 1.29 is 19.4 Å². The maximum absolute atomic E-state index is 12.1. The molecule has 1 heterocycles. The number of rotatable bonds is 3. The maximum atomic E-state index is 12.1. The van der Waals surface area contributed by atoms with Gasteiger partial charge in [0.25, 0.3) is 0 Å². The lowest BCUT2D eigenvalue weighted by Gasteiger charge is -2.40. The third-order valence-corrected chi connectivity index (χ3v) is 3.88. The van der Waals surface area contributed by atoms with Crippen LogP contribution in [0.15, 0.2) is 30.3 Å². The van der Waals surface area contributed by atoms with Crippen molar-refractivity contribution in [2.75, 3.05) is 6.54 Å². The number of aliphatic carboxylic acids is 1. The second kappa shape index (κ2) is 6.16. The molecule has 0 bridgehead atoms. The molecule has 5 heteroatoms. The Labute approximate surface area is 124 Å². The number of amides is 1. The third-order valence-electron chi connectivity index (χ3n) is 3.88. The fourth-order valence-corrected chi connectivity index (χ4v) is 2.56. The van der Waals surface area contributed by atoms with Crippen molar-refractivity contribution in [1.29, 1.82) is 0 Å². The summed E-state index contributed by atoms with van der Waals surface area (Å²) in [7, 11) is 0. The van der Waals surface area contributed by atoms with Crippen LogP contribution in [0, 0.1) is 5.41 Å². The van der Waals surface area contributed by atoms with Crippen molar-refractivity contribution in [3.8, 4) is 0 Å². The molecule has 2 rings (SSSR count). The van der Waals surface area contributed by atoms with E-state index in [9.17, 15) is 14.7 Å². The molecule has 1 fully saturated rings. The van der Waals surface area contributed by atoms with Crippen LogP contribution in [-0.4, -0.2) is 34.7 Å². The normalized spacial score (nSPS) is 20.9. The molecular formula is C16H21NO4. The monoisotopic (exact) mass is 291 g/mol. The van der Waals surface area contributed by atoms with E-state index in [4.69, 9.17) is 4.74 Å². The summed E-state index contributed by atoms with van der Waals surface area (Å²) in [5.74, 6) is -0.973. The molecule has 0 unspecified atom stereocenters. The molecule has 1 N–H and O–H groups in total. The number of hydrogen-bond donors (Lipinski definition) is 1. The lowest BCUT2D eigenvalue weighted by Crippen LogP contribution is -2.52. The number of hydrogen-bond acceptors (Lipinski definition) is 3. The maximum Gasteiger partial charge on any atom is 0.410 e. The van der Waals surface area contributed by atoms with Crippen molar-refractivity contribution in [2.45, 2.75) is 39.3 Å². The highest BCUT2D eigenvalue weighted by atomic mass is 16.6. The van der Waals surface area contributed by atoms with Crippen LogP contribution in [0.4, 0.5) is 4.79 Å². The highest BCUT2D eigenvalue weighted by Crippen LogP contribution is 2.34. The number of piperidine rings is 1. The molecule has 5 nitrogen and oxygen atoms in total. The number of carboxylic acid groups (broad SMARTS) is 1. The number of benzene rings is 1. The van der Waals surface area contributed by atoms with Crippen LogP contribution >= 0.6 is 0 Å². The summed E-state index contributed by atoms with van der Waals surface area (Å²) in [4.78, 5) is 24.8. The molecule has 1 amide bonds. The number of likely N-dealkylation sites (tertiary alicyclic amines) is 1. The van der Waals surface area contributed by atoms with Gasteiger partial charge in [-0.15, -0.1) is 0 Å². The Bertz CT molecular complexity index is 512. The van der Waals surface area contributed by atoms with Crippen molar-refractivity contribution in [3.63, 3.8) is 0 Å². The minimum atomic E-state index is -0.973. The molecule has 0 radical (unpaired) electrons. The number of carbonyl (C=O) groups excluding carboxylic acids is 1. The Morgan fingerprint density at radius 3 is 2.62 bits per heavy atom. The number of carboxylic acids is 1. The van der Waals surface area contributed by atoms with E-state index in [1.165, 1.54) is 4.90 Å². The molecule has 0 aromatic heterocycles. The number of carbonyl (C=O) groups is 2. The Morgan fingerprint density at radius 1 is 1.33 bits per heavy atom. The van der Waals surface area contributed by atoms with Crippen LogP contribution in [0.5, 0.6) is 0 Å². The molecule has 21 heavy (non-hydrogen) atoms. The molecule has 0 saturated carbocycles. The van der Waals surface area contributed by atoms with Crippen LogP contribution in [0.1, 0.15) is 32.3 Å². The van der Waals surface area contributed by atoms with Crippen molar-refractivity contribution in [2.24, 2.45) is 5.41 Å². The highest BCUT2D eigenvalue weighted by molar-refractivity contribution is 5.80. The summed E-state index contributed by atoms with van der Waals surface area (Å²) < 4.78 is 5.24. The van der Waals surface area contributed by atoms with Gasteiger partial charge in [0.2, 0.25) is 0 Å². The first-order chi connectivity index (χ1) is 9.89. The van der Waals surface area contributed by atoms with E-state index < -0.39 is 18.1 Å². The average molecular weight is 291 g/mol. The molecule has 1 atom stereocenters. The first-order valence-corrected chi connectivity index (χ1v) is 7.09. The number of nitrogens with zero attached hydrogens (tertiary/aromatic N) is 1.